The van der Waals surface area contributed by atoms with Crippen molar-refractivity contribution in [3.05, 3.63) is 76.1 Å². The minimum atomic E-state index is -1.04. The van der Waals surface area contributed by atoms with Gasteiger partial charge in [-0.15, -0.1) is 0 Å². The molecule has 3 aromatic rings. The molecule has 1 N–H and O–H groups in total. The molecule has 0 atom stereocenters. The lowest BCUT2D eigenvalue weighted by Gasteiger charge is -2.28. The predicted octanol–water partition coefficient (Wildman–Crippen LogP) is 5.03. The molecule has 0 unspecified atom stereocenters. The molecule has 0 radical (unpaired) electrons. The number of nitrogens with zero attached hydrogens (tertiary/aromatic N) is 3. The number of hydrogen-bond acceptors (Lipinski definition) is 4. The number of aryl methyl sites for hydroxylation is 1. The summed E-state index contributed by atoms with van der Waals surface area (Å²) >= 11 is 6.16. The molecule has 7 heteroatoms. The zero-order valence-electron chi connectivity index (χ0n) is 17.5. The van der Waals surface area contributed by atoms with Crippen LogP contribution in [0.4, 0.5) is 11.4 Å². The number of carbonyl (C=O) groups is 1. The first kappa shape index (κ1) is 21.2. The molecule has 1 saturated heterocycles. The highest BCUT2D eigenvalue weighted by molar-refractivity contribution is 6.33. The molecule has 2 aromatic carbocycles. The maximum absolute atomic E-state index is 11.2. The van der Waals surface area contributed by atoms with Crippen molar-refractivity contribution in [1.82, 2.24) is 4.57 Å². The monoisotopic (exact) mass is 437 g/mol. The third-order valence-electron chi connectivity index (χ3n) is 5.49. The van der Waals surface area contributed by atoms with Gasteiger partial charge in [0.05, 0.1) is 29.5 Å². The molecule has 31 heavy (non-hydrogen) atoms. The predicted molar refractivity (Wildman–Crippen MR) is 124 cm³/mol. The molecule has 1 aliphatic rings. The van der Waals surface area contributed by atoms with Crippen LogP contribution in [0.25, 0.3) is 5.69 Å². The van der Waals surface area contributed by atoms with E-state index in [1.165, 1.54) is 11.8 Å². The van der Waals surface area contributed by atoms with E-state index in [1.54, 1.807) is 12.1 Å². The fraction of sp³-hybridized carbons (Fsp3) is 0.250. The van der Waals surface area contributed by atoms with Gasteiger partial charge in [0.1, 0.15) is 0 Å². The van der Waals surface area contributed by atoms with E-state index >= 15 is 0 Å². The second kappa shape index (κ2) is 8.96. The third kappa shape index (κ3) is 4.50. The number of anilines is 1. The lowest BCUT2D eigenvalue weighted by atomic mass is 10.2. The summed E-state index contributed by atoms with van der Waals surface area (Å²) in [5.41, 5.74) is 5.99. The van der Waals surface area contributed by atoms with Crippen molar-refractivity contribution in [2.24, 2.45) is 4.99 Å². The first-order valence-electron chi connectivity index (χ1n) is 10.1. The Labute approximate surface area is 186 Å². The Bertz CT molecular complexity index is 1130. The van der Waals surface area contributed by atoms with Gasteiger partial charge in [-0.05, 0) is 62.4 Å². The number of aromatic carboxylic acids is 1. The Morgan fingerprint density at radius 1 is 1.06 bits per heavy atom. The fourth-order valence-corrected chi connectivity index (χ4v) is 4.10. The zero-order chi connectivity index (χ0) is 22.0. The van der Waals surface area contributed by atoms with Gasteiger partial charge in [0.25, 0.3) is 0 Å². The highest BCUT2D eigenvalue weighted by Crippen LogP contribution is 2.26. The van der Waals surface area contributed by atoms with Crippen LogP contribution in [0, 0.1) is 13.8 Å². The SMILES string of the molecule is Cc1cc(C=Nc2ccc(N3CCOCC3)cc2)c(C)n1-c1ccc(C(=O)O)c(Cl)c1. The summed E-state index contributed by atoms with van der Waals surface area (Å²) in [6.07, 6.45) is 1.86. The van der Waals surface area contributed by atoms with Crippen LogP contribution in [-0.4, -0.2) is 48.2 Å². The molecule has 0 saturated carbocycles. The first-order valence-corrected chi connectivity index (χ1v) is 10.5. The van der Waals surface area contributed by atoms with Crippen LogP contribution in [-0.2, 0) is 4.74 Å². The highest BCUT2D eigenvalue weighted by Gasteiger charge is 2.14. The van der Waals surface area contributed by atoms with E-state index in [4.69, 9.17) is 16.3 Å². The van der Waals surface area contributed by atoms with Crippen LogP contribution in [0.3, 0.4) is 0 Å². The quantitative estimate of drug-likeness (QED) is 0.568. The number of aromatic nitrogens is 1. The van der Waals surface area contributed by atoms with E-state index in [0.717, 1.165) is 54.6 Å². The van der Waals surface area contributed by atoms with Crippen molar-refractivity contribution >= 4 is 35.2 Å². The summed E-state index contributed by atoms with van der Waals surface area (Å²) in [7, 11) is 0. The van der Waals surface area contributed by atoms with Crippen molar-refractivity contribution in [3.63, 3.8) is 0 Å². The number of carboxylic acid groups (broad SMARTS) is 1. The van der Waals surface area contributed by atoms with Gasteiger partial charge >= 0.3 is 5.97 Å². The molecule has 4 rings (SSSR count). The third-order valence-corrected chi connectivity index (χ3v) is 5.80. The second-order valence-electron chi connectivity index (χ2n) is 7.51. The summed E-state index contributed by atoms with van der Waals surface area (Å²) in [5, 5.41) is 9.41. The molecule has 1 aromatic heterocycles. The average Bonchev–Trinajstić information content (AvgIpc) is 3.06. The van der Waals surface area contributed by atoms with Gasteiger partial charge < -0.3 is 19.3 Å². The topological polar surface area (TPSA) is 67.1 Å². The number of hydrogen-bond donors (Lipinski definition) is 1. The Balaban J connectivity index is 1.55. The maximum atomic E-state index is 11.2. The number of rotatable bonds is 5. The van der Waals surface area contributed by atoms with Crippen molar-refractivity contribution in [2.75, 3.05) is 31.2 Å². The minimum Gasteiger partial charge on any atom is -0.478 e. The average molecular weight is 438 g/mol. The number of benzene rings is 2. The summed E-state index contributed by atoms with van der Waals surface area (Å²) in [4.78, 5) is 18.2. The first-order chi connectivity index (χ1) is 14.9. The Hall–Kier alpha value is -3.09. The highest BCUT2D eigenvalue weighted by atomic mass is 35.5. The number of aliphatic imine (C=N–C) groups is 1. The van der Waals surface area contributed by atoms with Crippen LogP contribution in [0.1, 0.15) is 27.3 Å². The van der Waals surface area contributed by atoms with E-state index in [-0.39, 0.29) is 10.6 Å². The second-order valence-corrected chi connectivity index (χ2v) is 7.91. The molecule has 1 aliphatic heterocycles. The largest absolute Gasteiger partial charge is 0.478 e. The van der Waals surface area contributed by atoms with Crippen molar-refractivity contribution in [1.29, 1.82) is 0 Å². The van der Waals surface area contributed by atoms with E-state index in [9.17, 15) is 9.90 Å². The lowest BCUT2D eigenvalue weighted by molar-refractivity contribution is 0.0697. The fourth-order valence-electron chi connectivity index (χ4n) is 3.85. The van der Waals surface area contributed by atoms with Crippen LogP contribution >= 0.6 is 11.6 Å². The molecule has 0 spiro atoms. The number of morpholine rings is 1. The van der Waals surface area contributed by atoms with Gasteiger partial charge in [0, 0.05) is 47.6 Å². The van der Waals surface area contributed by atoms with Gasteiger partial charge in [-0.1, -0.05) is 11.6 Å². The molecular formula is C24H24ClN3O3. The molecule has 0 amide bonds. The summed E-state index contributed by atoms with van der Waals surface area (Å²) in [6, 6.07) is 15.2. The standard InChI is InChI=1S/C24H24ClN3O3/c1-16-13-18(17(2)28(16)21-7-8-22(24(29)30)23(25)14-21)15-26-19-3-5-20(6-4-19)27-9-11-31-12-10-27/h3-8,13-15H,9-12H2,1-2H3,(H,29,30). The minimum absolute atomic E-state index is 0.0928. The molecule has 1 fully saturated rings. The molecule has 0 bridgehead atoms. The van der Waals surface area contributed by atoms with Crippen molar-refractivity contribution in [3.8, 4) is 5.69 Å². The van der Waals surface area contributed by atoms with Crippen LogP contribution in [0.5, 0.6) is 0 Å². The van der Waals surface area contributed by atoms with Gasteiger partial charge in [0.2, 0.25) is 0 Å². The van der Waals surface area contributed by atoms with E-state index in [2.05, 4.69) is 28.1 Å². The number of ether oxygens (including phenoxy) is 1. The molecule has 2 heterocycles. The van der Waals surface area contributed by atoms with Gasteiger partial charge in [-0.25, -0.2) is 4.79 Å². The summed E-state index contributed by atoms with van der Waals surface area (Å²) in [6.45, 7) is 7.35. The lowest BCUT2D eigenvalue weighted by Crippen LogP contribution is -2.36. The Kier molecular flexibility index (Phi) is 6.11. The van der Waals surface area contributed by atoms with Crippen LogP contribution in [0.15, 0.2) is 53.5 Å². The summed E-state index contributed by atoms with van der Waals surface area (Å²) in [5.74, 6) is -1.04. The molecule has 160 valence electrons. The van der Waals surface area contributed by atoms with E-state index in [1.807, 2.05) is 36.8 Å². The number of halogens is 1. The molecule has 6 nitrogen and oxygen atoms in total. The van der Waals surface area contributed by atoms with Crippen molar-refractivity contribution in [2.45, 2.75) is 13.8 Å². The Morgan fingerprint density at radius 2 is 1.74 bits per heavy atom. The van der Waals surface area contributed by atoms with Crippen molar-refractivity contribution < 1.29 is 14.6 Å². The Morgan fingerprint density at radius 3 is 2.39 bits per heavy atom. The maximum Gasteiger partial charge on any atom is 0.337 e. The van der Waals surface area contributed by atoms with E-state index < -0.39 is 5.97 Å². The molecular weight excluding hydrogens is 414 g/mol. The zero-order valence-corrected chi connectivity index (χ0v) is 18.3. The number of carboxylic acids is 1. The molecule has 0 aliphatic carbocycles. The van der Waals surface area contributed by atoms with Crippen LogP contribution in [0.2, 0.25) is 5.02 Å². The van der Waals surface area contributed by atoms with Gasteiger partial charge in [-0.2, -0.15) is 0 Å². The smallest absolute Gasteiger partial charge is 0.337 e. The van der Waals surface area contributed by atoms with Gasteiger partial charge in [0.15, 0.2) is 0 Å². The summed E-state index contributed by atoms with van der Waals surface area (Å²) < 4.78 is 7.45. The normalized spacial score (nSPS) is 14.4. The van der Waals surface area contributed by atoms with E-state index in [0.29, 0.717) is 0 Å². The van der Waals surface area contributed by atoms with Crippen LogP contribution < -0.4 is 4.90 Å². The van der Waals surface area contributed by atoms with Gasteiger partial charge in [-0.3, -0.25) is 4.99 Å².